The number of piperidine rings is 1. The SMILES string of the molecule is COc1ccc(C2=CN=C3C(Nc4ccc(C(=O)N5CCC(C(=O)[C@H]6CCCCNC7(CC7)C6)CC5)c(C)c4)=N/C=C\CCC23)cc1F. The van der Waals surface area contributed by atoms with Gasteiger partial charge in [0.25, 0.3) is 5.91 Å². The Morgan fingerprint density at radius 3 is 2.60 bits per heavy atom. The molecule has 4 heterocycles. The summed E-state index contributed by atoms with van der Waals surface area (Å²) in [4.78, 5) is 38.6. The molecule has 1 amide bonds. The van der Waals surface area contributed by atoms with Crippen molar-refractivity contribution in [2.24, 2.45) is 27.7 Å². The van der Waals surface area contributed by atoms with Gasteiger partial charge in [0, 0.05) is 60.0 Å². The van der Waals surface area contributed by atoms with Crippen LogP contribution in [0.1, 0.15) is 85.7 Å². The number of carbonyl (C=O) groups is 2. The van der Waals surface area contributed by atoms with Gasteiger partial charge < -0.3 is 20.3 Å². The largest absolute Gasteiger partial charge is 0.494 e. The number of amides is 1. The summed E-state index contributed by atoms with van der Waals surface area (Å²) in [6.07, 6.45) is 15.4. The smallest absolute Gasteiger partial charge is 0.254 e. The quantitative estimate of drug-likeness (QED) is 0.347. The molecule has 3 fully saturated rings. The summed E-state index contributed by atoms with van der Waals surface area (Å²) in [7, 11) is 1.46. The fourth-order valence-corrected chi connectivity index (χ4v) is 8.01. The van der Waals surface area contributed by atoms with Gasteiger partial charge in [0.05, 0.1) is 12.8 Å². The molecule has 0 bridgehead atoms. The van der Waals surface area contributed by atoms with E-state index in [2.05, 4.69) is 10.6 Å². The third-order valence-electron chi connectivity index (χ3n) is 11.0. The Labute approximate surface area is 282 Å². The summed E-state index contributed by atoms with van der Waals surface area (Å²) < 4.78 is 19.7. The Kier molecular flexibility index (Phi) is 9.32. The number of anilines is 1. The fraction of sp³-hybridized carbons (Fsp3) is 0.487. The third-order valence-corrected chi connectivity index (χ3v) is 11.0. The molecular weight excluding hydrogens is 605 g/mol. The van der Waals surface area contributed by atoms with Crippen LogP contribution in [0.25, 0.3) is 5.57 Å². The van der Waals surface area contributed by atoms with Crippen molar-refractivity contribution in [2.45, 2.75) is 76.7 Å². The van der Waals surface area contributed by atoms with Gasteiger partial charge in [-0.15, -0.1) is 0 Å². The number of nitrogens with zero attached hydrogens (tertiary/aromatic N) is 3. The molecule has 252 valence electrons. The minimum Gasteiger partial charge on any atom is -0.494 e. The Bertz CT molecular complexity index is 1700. The minimum absolute atomic E-state index is 0.0176. The molecule has 4 aliphatic heterocycles. The van der Waals surface area contributed by atoms with Crippen LogP contribution in [0.5, 0.6) is 5.75 Å². The van der Waals surface area contributed by atoms with E-state index in [-0.39, 0.29) is 34.9 Å². The predicted molar refractivity (Wildman–Crippen MR) is 188 cm³/mol. The topological polar surface area (TPSA) is 95.4 Å². The molecule has 2 N–H and O–H groups in total. The normalized spacial score (nSPS) is 24.6. The van der Waals surface area contributed by atoms with Crippen LogP contribution in [0, 0.1) is 30.5 Å². The first-order valence-electron chi connectivity index (χ1n) is 17.6. The lowest BCUT2D eigenvalue weighted by Crippen LogP contribution is -2.43. The number of nitrogens with one attached hydrogen (secondary N) is 2. The van der Waals surface area contributed by atoms with E-state index in [0.29, 0.717) is 30.3 Å². The lowest BCUT2D eigenvalue weighted by molar-refractivity contribution is -0.129. The van der Waals surface area contributed by atoms with E-state index in [1.807, 2.05) is 48.4 Å². The number of carbonyl (C=O) groups excluding carboxylic acids is 2. The fourth-order valence-electron chi connectivity index (χ4n) is 8.01. The number of Topliss-reactive ketones (excluding diaryl/α,β-unsaturated/α-hetero) is 1. The predicted octanol–water partition coefficient (Wildman–Crippen LogP) is 7.11. The molecule has 2 saturated heterocycles. The van der Waals surface area contributed by atoms with E-state index in [9.17, 15) is 14.0 Å². The highest BCUT2D eigenvalue weighted by molar-refractivity contribution is 6.48. The number of ether oxygens (including phenoxy) is 1. The number of hydrogen-bond acceptors (Lipinski definition) is 7. The summed E-state index contributed by atoms with van der Waals surface area (Å²) in [6, 6.07) is 10.8. The minimum atomic E-state index is -0.403. The highest BCUT2D eigenvalue weighted by Crippen LogP contribution is 2.44. The van der Waals surface area contributed by atoms with Crippen LogP contribution in [-0.2, 0) is 4.79 Å². The van der Waals surface area contributed by atoms with Gasteiger partial charge in [-0.1, -0.05) is 18.6 Å². The average Bonchev–Trinajstić information content (AvgIpc) is 3.73. The van der Waals surface area contributed by atoms with Crippen molar-refractivity contribution in [1.29, 1.82) is 0 Å². The zero-order valence-corrected chi connectivity index (χ0v) is 28.1. The average molecular weight is 652 g/mol. The van der Waals surface area contributed by atoms with Crippen molar-refractivity contribution in [3.05, 3.63) is 77.4 Å². The first kappa shape index (κ1) is 32.4. The molecule has 5 aliphatic rings. The first-order valence-corrected chi connectivity index (χ1v) is 17.6. The number of allylic oxidation sites excluding steroid dienone is 2. The lowest BCUT2D eigenvalue weighted by atomic mass is 9.79. The number of rotatable bonds is 6. The van der Waals surface area contributed by atoms with Crippen molar-refractivity contribution in [1.82, 2.24) is 10.2 Å². The highest BCUT2D eigenvalue weighted by Gasteiger charge is 2.46. The molecule has 2 aromatic rings. The molecule has 0 aromatic heterocycles. The number of halogens is 1. The number of ketones is 1. The second-order valence-electron chi connectivity index (χ2n) is 14.2. The van der Waals surface area contributed by atoms with Crippen LogP contribution in [-0.4, -0.2) is 60.4 Å². The summed E-state index contributed by atoms with van der Waals surface area (Å²) in [5.74, 6) is 1.07. The van der Waals surface area contributed by atoms with Gasteiger partial charge in [-0.2, -0.15) is 0 Å². The van der Waals surface area contributed by atoms with E-state index in [4.69, 9.17) is 14.7 Å². The summed E-state index contributed by atoms with van der Waals surface area (Å²) in [6.45, 7) is 4.26. The van der Waals surface area contributed by atoms with Crippen LogP contribution < -0.4 is 15.4 Å². The van der Waals surface area contributed by atoms with Crippen LogP contribution in [0.2, 0.25) is 0 Å². The van der Waals surface area contributed by atoms with Gasteiger partial charge >= 0.3 is 0 Å². The number of aliphatic imine (C=N–C) groups is 2. The van der Waals surface area contributed by atoms with Gasteiger partial charge in [-0.25, -0.2) is 9.38 Å². The van der Waals surface area contributed by atoms with Crippen LogP contribution in [0.3, 0.4) is 0 Å². The van der Waals surface area contributed by atoms with Gasteiger partial charge in [0.1, 0.15) is 5.78 Å². The van der Waals surface area contributed by atoms with E-state index >= 15 is 0 Å². The third kappa shape index (κ3) is 6.75. The van der Waals surface area contributed by atoms with E-state index in [0.717, 1.165) is 86.0 Å². The summed E-state index contributed by atoms with van der Waals surface area (Å²) >= 11 is 0. The van der Waals surface area contributed by atoms with E-state index in [1.54, 1.807) is 12.3 Å². The number of aryl methyl sites for hydroxylation is 1. The molecule has 8 nitrogen and oxygen atoms in total. The van der Waals surface area contributed by atoms with Gasteiger partial charge in [-0.3, -0.25) is 14.6 Å². The molecule has 7 rings (SSSR count). The Morgan fingerprint density at radius 2 is 1.85 bits per heavy atom. The second kappa shape index (κ2) is 13.8. The molecule has 1 saturated carbocycles. The van der Waals surface area contributed by atoms with Crippen LogP contribution >= 0.6 is 0 Å². The second-order valence-corrected chi connectivity index (χ2v) is 14.2. The Hall–Kier alpha value is -4.11. The molecule has 1 unspecified atom stereocenters. The number of likely N-dealkylation sites (tertiary alicyclic amines) is 1. The maximum atomic E-state index is 14.6. The highest BCUT2D eigenvalue weighted by atomic mass is 19.1. The summed E-state index contributed by atoms with van der Waals surface area (Å²) in [5, 5.41) is 7.17. The molecule has 2 atom stereocenters. The number of amidine groups is 1. The molecule has 1 aliphatic carbocycles. The maximum Gasteiger partial charge on any atom is 0.254 e. The first-order chi connectivity index (χ1) is 23.3. The van der Waals surface area contributed by atoms with E-state index in [1.165, 1.54) is 26.0 Å². The molecular formula is C39H46FN5O3. The molecule has 9 heteroatoms. The Morgan fingerprint density at radius 1 is 1.02 bits per heavy atom. The van der Waals surface area contributed by atoms with Crippen molar-refractivity contribution in [2.75, 3.05) is 32.1 Å². The number of benzene rings is 2. The molecule has 0 radical (unpaired) electrons. The monoisotopic (exact) mass is 651 g/mol. The van der Waals surface area contributed by atoms with Crippen molar-refractivity contribution in [3.8, 4) is 5.75 Å². The van der Waals surface area contributed by atoms with Crippen LogP contribution in [0.15, 0.2) is 64.9 Å². The maximum absolute atomic E-state index is 14.6. The molecule has 1 spiro atoms. The van der Waals surface area contributed by atoms with Gasteiger partial charge in [0.15, 0.2) is 17.4 Å². The zero-order valence-electron chi connectivity index (χ0n) is 28.1. The number of methoxy groups -OCH3 is 1. The number of hydrogen-bond donors (Lipinski definition) is 2. The van der Waals surface area contributed by atoms with Crippen molar-refractivity contribution < 1.29 is 18.7 Å². The zero-order chi connectivity index (χ0) is 33.3. The number of fused-ring (bicyclic) bond motifs is 1. The van der Waals surface area contributed by atoms with Crippen molar-refractivity contribution >= 4 is 34.5 Å². The van der Waals surface area contributed by atoms with Gasteiger partial charge in [0.2, 0.25) is 0 Å². The molecule has 2 aromatic carbocycles. The Balaban J connectivity index is 0.983. The van der Waals surface area contributed by atoms with E-state index < -0.39 is 5.82 Å². The van der Waals surface area contributed by atoms with Gasteiger partial charge in [-0.05, 0) is 118 Å². The van der Waals surface area contributed by atoms with Crippen molar-refractivity contribution in [3.63, 3.8) is 0 Å². The molecule has 48 heavy (non-hydrogen) atoms. The lowest BCUT2D eigenvalue weighted by Gasteiger charge is -2.34. The standard InChI is InChI=1S/C39H46FN5O3/c1-25-21-29(44-37-35-31(8-4-5-17-41-37)32(24-42-35)27-9-12-34(48-2)33(40)22-27)10-11-30(25)38(47)45-19-13-26(14-20-45)36(46)28-7-3-6-18-43-39(23-28)15-16-39/h5,9-12,17,21-22,24,26,28,31,43H,3-4,6-8,13-16,18-20,23H2,1-2H3,(H,41,44)/b17-5-/t28-,31?/m0/s1. The van der Waals surface area contributed by atoms with Crippen LogP contribution in [0.4, 0.5) is 10.1 Å². The summed E-state index contributed by atoms with van der Waals surface area (Å²) in [5.41, 5.74) is 5.12.